The Morgan fingerprint density at radius 1 is 1.32 bits per heavy atom. The van der Waals surface area contributed by atoms with Crippen molar-refractivity contribution < 1.29 is 12.8 Å². The van der Waals surface area contributed by atoms with Gasteiger partial charge in [-0.1, -0.05) is 0 Å². The van der Waals surface area contributed by atoms with E-state index in [9.17, 15) is 12.8 Å². The number of hydrogen-bond donors (Lipinski definition) is 0. The minimum atomic E-state index is -3.19. The molecule has 1 aliphatic rings. The lowest BCUT2D eigenvalue weighted by molar-refractivity contribution is 0.437. The third-order valence-corrected chi connectivity index (χ3v) is 4.75. The van der Waals surface area contributed by atoms with E-state index in [2.05, 4.69) is 20.9 Å². The topological polar surface area (TPSA) is 53.5 Å². The van der Waals surface area contributed by atoms with Gasteiger partial charge in [0.15, 0.2) is 11.6 Å². The van der Waals surface area contributed by atoms with Crippen LogP contribution in [0.1, 0.15) is 6.42 Å². The molecule has 5 nitrogen and oxygen atoms in total. The monoisotopic (exact) mass is 351 g/mol. The van der Waals surface area contributed by atoms with Crippen molar-refractivity contribution in [1.82, 2.24) is 9.29 Å². The van der Waals surface area contributed by atoms with Crippen molar-refractivity contribution in [2.75, 3.05) is 37.3 Å². The van der Waals surface area contributed by atoms with Gasteiger partial charge in [-0.3, -0.25) is 0 Å². The van der Waals surface area contributed by atoms with E-state index in [4.69, 9.17) is 0 Å². The van der Waals surface area contributed by atoms with E-state index in [1.165, 1.54) is 22.8 Å². The van der Waals surface area contributed by atoms with Crippen LogP contribution >= 0.6 is 15.9 Å². The Morgan fingerprint density at radius 2 is 2.05 bits per heavy atom. The summed E-state index contributed by atoms with van der Waals surface area (Å²) in [5, 5.41) is 0. The highest BCUT2D eigenvalue weighted by Gasteiger charge is 2.23. The molecule has 0 saturated carbocycles. The summed E-state index contributed by atoms with van der Waals surface area (Å²) in [6, 6.07) is 1.36. The second-order valence-corrected chi connectivity index (χ2v) is 7.36. The van der Waals surface area contributed by atoms with Gasteiger partial charge in [0, 0.05) is 36.8 Å². The molecule has 2 rings (SSSR count). The quantitative estimate of drug-likeness (QED) is 0.809. The molecule has 0 aromatic carbocycles. The zero-order valence-corrected chi connectivity index (χ0v) is 12.9. The van der Waals surface area contributed by atoms with Gasteiger partial charge < -0.3 is 4.90 Å². The fourth-order valence-corrected chi connectivity index (χ4v) is 3.25. The van der Waals surface area contributed by atoms with Gasteiger partial charge in [0.2, 0.25) is 10.0 Å². The van der Waals surface area contributed by atoms with Crippen LogP contribution in [0.25, 0.3) is 0 Å². The molecule has 0 unspecified atom stereocenters. The maximum atomic E-state index is 13.8. The summed E-state index contributed by atoms with van der Waals surface area (Å²) in [4.78, 5) is 5.85. The van der Waals surface area contributed by atoms with E-state index in [0.717, 1.165) is 0 Å². The molecule has 1 aromatic rings. The summed E-state index contributed by atoms with van der Waals surface area (Å²) < 4.78 is 38.8. The van der Waals surface area contributed by atoms with Crippen LogP contribution in [0.4, 0.5) is 10.2 Å². The minimum absolute atomic E-state index is 0.276. The summed E-state index contributed by atoms with van der Waals surface area (Å²) in [7, 11) is -3.19. The lowest BCUT2D eigenvalue weighted by atomic mass is 10.3. The molecule has 0 spiro atoms. The summed E-state index contributed by atoms with van der Waals surface area (Å²) >= 11 is 3.16. The number of nitrogens with zero attached hydrogens (tertiary/aromatic N) is 3. The van der Waals surface area contributed by atoms with E-state index < -0.39 is 15.8 Å². The van der Waals surface area contributed by atoms with Gasteiger partial charge in [0.05, 0.1) is 6.26 Å². The summed E-state index contributed by atoms with van der Waals surface area (Å²) in [5.74, 6) is -0.124. The van der Waals surface area contributed by atoms with Crippen LogP contribution in [-0.4, -0.2) is 50.1 Å². The number of rotatable bonds is 2. The molecule has 1 saturated heterocycles. The lowest BCUT2D eigenvalue weighted by Crippen LogP contribution is -2.34. The number of aromatic nitrogens is 1. The summed E-state index contributed by atoms with van der Waals surface area (Å²) in [6.45, 7) is 1.86. The van der Waals surface area contributed by atoms with E-state index in [0.29, 0.717) is 37.1 Å². The first kappa shape index (κ1) is 14.7. The molecule has 0 bridgehead atoms. The Kier molecular flexibility index (Phi) is 4.42. The van der Waals surface area contributed by atoms with Crippen LogP contribution in [0.3, 0.4) is 0 Å². The van der Waals surface area contributed by atoms with Crippen molar-refractivity contribution in [2.24, 2.45) is 0 Å². The minimum Gasteiger partial charge on any atom is -0.353 e. The molecule has 19 heavy (non-hydrogen) atoms. The van der Waals surface area contributed by atoms with Crippen LogP contribution in [0.5, 0.6) is 0 Å². The lowest BCUT2D eigenvalue weighted by Gasteiger charge is -2.22. The first-order valence-corrected chi connectivity index (χ1v) is 8.53. The molecule has 0 amide bonds. The van der Waals surface area contributed by atoms with Crippen LogP contribution in [0, 0.1) is 5.82 Å². The van der Waals surface area contributed by atoms with Crippen molar-refractivity contribution in [3.63, 3.8) is 0 Å². The van der Waals surface area contributed by atoms with Crippen molar-refractivity contribution >= 4 is 31.8 Å². The van der Waals surface area contributed by atoms with Gasteiger partial charge in [-0.15, -0.1) is 0 Å². The van der Waals surface area contributed by atoms with E-state index in [1.54, 1.807) is 4.90 Å². The van der Waals surface area contributed by atoms with Crippen molar-refractivity contribution in [1.29, 1.82) is 0 Å². The highest BCUT2D eigenvalue weighted by molar-refractivity contribution is 9.10. The Balaban J connectivity index is 2.15. The largest absolute Gasteiger partial charge is 0.353 e. The Bertz CT molecular complexity index is 567. The Labute approximate surface area is 120 Å². The van der Waals surface area contributed by atoms with Crippen molar-refractivity contribution in [3.8, 4) is 0 Å². The molecule has 8 heteroatoms. The van der Waals surface area contributed by atoms with Crippen LogP contribution in [0.2, 0.25) is 0 Å². The molecule has 106 valence electrons. The standard InChI is InChI=1S/C11H15BrFN3O2S/c1-19(17,18)16-4-2-3-15(5-6-16)11-10(13)7-9(12)8-14-11/h7-8H,2-6H2,1H3. The van der Waals surface area contributed by atoms with Gasteiger partial charge in [-0.05, 0) is 28.4 Å². The third-order valence-electron chi connectivity index (χ3n) is 3.01. The van der Waals surface area contributed by atoms with Crippen LogP contribution < -0.4 is 4.90 Å². The van der Waals surface area contributed by atoms with Gasteiger partial charge >= 0.3 is 0 Å². The smallest absolute Gasteiger partial charge is 0.211 e. The second-order valence-electron chi connectivity index (χ2n) is 4.46. The third kappa shape index (κ3) is 3.64. The number of pyridine rings is 1. The number of halogens is 2. The van der Waals surface area contributed by atoms with Gasteiger partial charge in [0.1, 0.15) is 0 Å². The summed E-state index contributed by atoms with van der Waals surface area (Å²) in [6.07, 6.45) is 3.39. The number of hydrogen-bond acceptors (Lipinski definition) is 4. The van der Waals surface area contributed by atoms with E-state index in [-0.39, 0.29) is 5.82 Å². The second kappa shape index (κ2) is 5.72. The first-order valence-electron chi connectivity index (χ1n) is 5.89. The zero-order chi connectivity index (χ0) is 14.0. The van der Waals surface area contributed by atoms with Crippen LogP contribution in [0.15, 0.2) is 16.7 Å². The number of sulfonamides is 1. The molecule has 1 fully saturated rings. The SMILES string of the molecule is CS(=O)(=O)N1CCCN(c2ncc(Br)cc2F)CC1. The van der Waals surface area contributed by atoms with Gasteiger partial charge in [-0.2, -0.15) is 0 Å². The number of anilines is 1. The molecule has 0 radical (unpaired) electrons. The predicted molar refractivity (Wildman–Crippen MR) is 75.1 cm³/mol. The first-order chi connectivity index (χ1) is 8.88. The molecular formula is C11H15BrFN3O2S. The summed E-state index contributed by atoms with van der Waals surface area (Å²) in [5.41, 5.74) is 0. The van der Waals surface area contributed by atoms with Crippen molar-refractivity contribution in [2.45, 2.75) is 6.42 Å². The molecule has 1 aromatic heterocycles. The molecule has 2 heterocycles. The highest BCUT2D eigenvalue weighted by atomic mass is 79.9. The fraction of sp³-hybridized carbons (Fsp3) is 0.545. The molecule has 0 aliphatic carbocycles. The molecular weight excluding hydrogens is 337 g/mol. The maximum absolute atomic E-state index is 13.8. The molecule has 0 atom stereocenters. The van der Waals surface area contributed by atoms with E-state index in [1.807, 2.05) is 0 Å². The molecule has 1 aliphatic heterocycles. The van der Waals surface area contributed by atoms with Crippen LogP contribution in [-0.2, 0) is 10.0 Å². The maximum Gasteiger partial charge on any atom is 0.211 e. The fourth-order valence-electron chi connectivity index (χ4n) is 2.08. The Hall–Kier alpha value is -0.730. The molecule has 0 N–H and O–H groups in total. The van der Waals surface area contributed by atoms with Gasteiger partial charge in [-0.25, -0.2) is 22.1 Å². The highest BCUT2D eigenvalue weighted by Crippen LogP contribution is 2.21. The van der Waals surface area contributed by atoms with Gasteiger partial charge in [0.25, 0.3) is 0 Å². The Morgan fingerprint density at radius 3 is 2.68 bits per heavy atom. The van der Waals surface area contributed by atoms with E-state index >= 15 is 0 Å². The predicted octanol–water partition coefficient (Wildman–Crippen LogP) is 1.45. The zero-order valence-electron chi connectivity index (χ0n) is 10.5. The average Bonchev–Trinajstić information content (AvgIpc) is 2.54. The normalized spacial score (nSPS) is 18.4. The van der Waals surface area contributed by atoms with Crippen molar-refractivity contribution in [3.05, 3.63) is 22.6 Å². The average molecular weight is 352 g/mol.